The van der Waals surface area contributed by atoms with Crippen LogP contribution in [0.2, 0.25) is 0 Å². The van der Waals surface area contributed by atoms with Crippen molar-refractivity contribution in [1.82, 2.24) is 30.1 Å². The highest BCUT2D eigenvalue weighted by molar-refractivity contribution is 5.98. The number of urea groups is 1. The van der Waals surface area contributed by atoms with Gasteiger partial charge in [-0.15, -0.1) is 0 Å². The largest absolute Gasteiger partial charge is 0.334 e. The lowest BCUT2D eigenvalue weighted by molar-refractivity contribution is 0.0640. The summed E-state index contributed by atoms with van der Waals surface area (Å²) >= 11 is 0. The molecule has 0 bridgehead atoms. The zero-order chi connectivity index (χ0) is 17.9. The zero-order valence-electron chi connectivity index (χ0n) is 14.6. The van der Waals surface area contributed by atoms with Gasteiger partial charge in [0.15, 0.2) is 5.69 Å². The van der Waals surface area contributed by atoms with Crippen LogP contribution in [0.3, 0.4) is 0 Å². The number of benzene rings is 1. The molecule has 1 aromatic heterocycles. The number of hydrogen-bond donors (Lipinski definition) is 1. The van der Waals surface area contributed by atoms with E-state index < -0.39 is 0 Å². The van der Waals surface area contributed by atoms with Gasteiger partial charge in [-0.3, -0.25) is 4.79 Å². The Bertz CT molecular complexity index is 776. The summed E-state index contributed by atoms with van der Waals surface area (Å²) in [5.74, 6) is -0.147. The lowest BCUT2D eigenvalue weighted by Gasteiger charge is -2.36. The second-order valence-electron chi connectivity index (χ2n) is 6.64. The Balaban J connectivity index is 1.42. The third-order valence-corrected chi connectivity index (χ3v) is 5.01. The van der Waals surface area contributed by atoms with E-state index in [2.05, 4.69) is 15.4 Å². The number of carbonyl (C=O) groups is 2. The number of carbonyl (C=O) groups excluding carboxylic acids is 2. The van der Waals surface area contributed by atoms with Crippen LogP contribution in [0.25, 0.3) is 11.3 Å². The minimum atomic E-state index is -0.147. The predicted octanol–water partition coefficient (Wildman–Crippen LogP) is 1.45. The van der Waals surface area contributed by atoms with E-state index >= 15 is 0 Å². The van der Waals surface area contributed by atoms with Gasteiger partial charge < -0.3 is 14.7 Å². The number of piperazine rings is 1. The van der Waals surface area contributed by atoms with Crippen LogP contribution in [0.1, 0.15) is 23.3 Å². The summed E-state index contributed by atoms with van der Waals surface area (Å²) in [6, 6.07) is 9.63. The molecule has 3 amide bonds. The van der Waals surface area contributed by atoms with Crippen molar-refractivity contribution in [1.29, 1.82) is 0 Å². The number of aromatic amines is 1. The molecule has 0 radical (unpaired) electrons. The Labute approximate surface area is 151 Å². The lowest BCUT2D eigenvalue weighted by Crippen LogP contribution is -2.53. The van der Waals surface area contributed by atoms with E-state index in [9.17, 15) is 9.59 Å². The predicted molar refractivity (Wildman–Crippen MR) is 95.5 cm³/mol. The Morgan fingerprint density at radius 1 is 0.808 bits per heavy atom. The number of nitrogens with one attached hydrogen (secondary N) is 1. The molecule has 8 nitrogen and oxygen atoms in total. The minimum Gasteiger partial charge on any atom is -0.334 e. The van der Waals surface area contributed by atoms with Gasteiger partial charge in [-0.2, -0.15) is 15.4 Å². The van der Waals surface area contributed by atoms with Gasteiger partial charge in [0.1, 0.15) is 5.69 Å². The first-order chi connectivity index (χ1) is 12.7. The molecule has 136 valence electrons. The monoisotopic (exact) mass is 354 g/mol. The van der Waals surface area contributed by atoms with Crippen LogP contribution in [0.15, 0.2) is 30.3 Å². The van der Waals surface area contributed by atoms with Crippen molar-refractivity contribution in [2.24, 2.45) is 0 Å². The Hall–Kier alpha value is -2.90. The molecule has 2 fully saturated rings. The fourth-order valence-electron chi connectivity index (χ4n) is 3.54. The summed E-state index contributed by atoms with van der Waals surface area (Å²) in [5, 5.41) is 10.8. The highest BCUT2D eigenvalue weighted by atomic mass is 16.2. The third kappa shape index (κ3) is 3.14. The molecule has 1 N–H and O–H groups in total. The SMILES string of the molecule is O=C(c1n[nH]nc1-c1ccccc1)N1CCN(C(=O)N2CCCC2)CC1. The first-order valence-electron chi connectivity index (χ1n) is 9.03. The average molecular weight is 354 g/mol. The Morgan fingerprint density at radius 2 is 1.42 bits per heavy atom. The second-order valence-corrected chi connectivity index (χ2v) is 6.64. The molecule has 0 atom stereocenters. The molecular weight excluding hydrogens is 332 g/mol. The molecule has 0 saturated carbocycles. The van der Waals surface area contributed by atoms with Crippen LogP contribution < -0.4 is 0 Å². The number of nitrogens with zero attached hydrogens (tertiary/aromatic N) is 5. The number of H-pyrrole nitrogens is 1. The topological polar surface area (TPSA) is 85.4 Å². The highest BCUT2D eigenvalue weighted by Crippen LogP contribution is 2.21. The van der Waals surface area contributed by atoms with E-state index in [0.717, 1.165) is 31.5 Å². The molecular formula is C18H22N6O2. The van der Waals surface area contributed by atoms with Crippen LogP contribution in [-0.2, 0) is 0 Å². The normalized spacial score (nSPS) is 17.6. The van der Waals surface area contributed by atoms with Gasteiger partial charge >= 0.3 is 6.03 Å². The fraction of sp³-hybridized carbons (Fsp3) is 0.444. The molecule has 4 rings (SSSR count). The molecule has 2 aromatic rings. The van der Waals surface area contributed by atoms with E-state index in [1.54, 1.807) is 4.90 Å². The Kier molecular flexibility index (Phi) is 4.55. The highest BCUT2D eigenvalue weighted by Gasteiger charge is 2.30. The van der Waals surface area contributed by atoms with E-state index in [4.69, 9.17) is 0 Å². The summed E-state index contributed by atoms with van der Waals surface area (Å²) in [5.41, 5.74) is 1.74. The number of aromatic nitrogens is 3. The van der Waals surface area contributed by atoms with E-state index in [1.807, 2.05) is 40.1 Å². The summed E-state index contributed by atoms with van der Waals surface area (Å²) in [7, 11) is 0. The van der Waals surface area contributed by atoms with Crippen LogP contribution in [0.4, 0.5) is 4.79 Å². The van der Waals surface area contributed by atoms with E-state index in [0.29, 0.717) is 37.6 Å². The molecule has 2 aliphatic heterocycles. The maximum atomic E-state index is 12.9. The molecule has 26 heavy (non-hydrogen) atoms. The lowest BCUT2D eigenvalue weighted by atomic mass is 10.1. The summed E-state index contributed by atoms with van der Waals surface area (Å²) < 4.78 is 0. The van der Waals surface area contributed by atoms with Gasteiger partial charge in [0.2, 0.25) is 0 Å². The van der Waals surface area contributed by atoms with Crippen LogP contribution in [0.5, 0.6) is 0 Å². The molecule has 0 spiro atoms. The van der Waals surface area contributed by atoms with Gasteiger partial charge in [0, 0.05) is 44.8 Å². The smallest absolute Gasteiger partial charge is 0.320 e. The molecule has 0 aliphatic carbocycles. The van der Waals surface area contributed by atoms with Crippen molar-refractivity contribution >= 4 is 11.9 Å². The van der Waals surface area contributed by atoms with Crippen molar-refractivity contribution in [2.45, 2.75) is 12.8 Å². The van der Waals surface area contributed by atoms with Crippen LogP contribution >= 0.6 is 0 Å². The zero-order valence-corrected chi connectivity index (χ0v) is 14.6. The summed E-state index contributed by atoms with van der Waals surface area (Å²) in [6.07, 6.45) is 2.16. The van der Waals surface area contributed by atoms with Gasteiger partial charge in [-0.05, 0) is 12.8 Å². The number of amides is 3. The molecule has 1 aromatic carbocycles. The first kappa shape index (κ1) is 16.6. The average Bonchev–Trinajstić information content (AvgIpc) is 3.39. The van der Waals surface area contributed by atoms with E-state index in [1.165, 1.54) is 0 Å². The number of likely N-dealkylation sites (tertiary alicyclic amines) is 1. The van der Waals surface area contributed by atoms with Crippen LogP contribution in [-0.4, -0.2) is 81.3 Å². The maximum absolute atomic E-state index is 12.9. The maximum Gasteiger partial charge on any atom is 0.320 e. The van der Waals surface area contributed by atoms with Crippen molar-refractivity contribution in [2.75, 3.05) is 39.3 Å². The first-order valence-corrected chi connectivity index (χ1v) is 9.03. The number of rotatable bonds is 2. The summed E-state index contributed by atoms with van der Waals surface area (Å²) in [6.45, 7) is 3.83. The minimum absolute atomic E-state index is 0.0982. The molecule has 0 unspecified atom stereocenters. The van der Waals surface area contributed by atoms with Crippen LogP contribution in [0, 0.1) is 0 Å². The number of hydrogen-bond acceptors (Lipinski definition) is 4. The van der Waals surface area contributed by atoms with Crippen molar-refractivity contribution in [3.05, 3.63) is 36.0 Å². The standard InChI is InChI=1S/C18H22N6O2/c25-17(16-15(19-21-20-16)14-6-2-1-3-7-14)22-10-12-24(13-11-22)18(26)23-8-4-5-9-23/h1-3,6-7H,4-5,8-13H2,(H,19,20,21). The Morgan fingerprint density at radius 3 is 2.12 bits per heavy atom. The molecule has 2 saturated heterocycles. The van der Waals surface area contributed by atoms with Crippen molar-refractivity contribution < 1.29 is 9.59 Å². The molecule has 3 heterocycles. The van der Waals surface area contributed by atoms with Gasteiger partial charge in [-0.25, -0.2) is 4.79 Å². The van der Waals surface area contributed by atoms with Gasteiger partial charge in [0.25, 0.3) is 5.91 Å². The second kappa shape index (κ2) is 7.15. The molecule has 2 aliphatic rings. The third-order valence-electron chi connectivity index (χ3n) is 5.01. The quantitative estimate of drug-likeness (QED) is 0.884. The van der Waals surface area contributed by atoms with Gasteiger partial charge in [-0.1, -0.05) is 30.3 Å². The van der Waals surface area contributed by atoms with Gasteiger partial charge in [0.05, 0.1) is 0 Å². The van der Waals surface area contributed by atoms with E-state index in [-0.39, 0.29) is 11.9 Å². The van der Waals surface area contributed by atoms with Crippen molar-refractivity contribution in [3.8, 4) is 11.3 Å². The summed E-state index contributed by atoms with van der Waals surface area (Å²) in [4.78, 5) is 30.8. The van der Waals surface area contributed by atoms with Crippen molar-refractivity contribution in [3.63, 3.8) is 0 Å². The fourth-order valence-corrected chi connectivity index (χ4v) is 3.54. The molecule has 8 heteroatoms.